The molecular weight excluding hydrogens is 294 g/mol. The Morgan fingerprint density at radius 1 is 1.14 bits per heavy atom. The molecule has 0 spiro atoms. The topological polar surface area (TPSA) is 17.8 Å². The zero-order valence-corrected chi connectivity index (χ0v) is 12.3. The Balaban J connectivity index is 2.36. The van der Waals surface area contributed by atoms with E-state index < -0.39 is 11.2 Å². The summed E-state index contributed by atoms with van der Waals surface area (Å²) < 4.78 is 29.2. The van der Waals surface area contributed by atoms with Gasteiger partial charge in [0.2, 0.25) is 0 Å². The summed E-state index contributed by atoms with van der Waals surface area (Å²) in [4.78, 5) is 4.30. The van der Waals surface area contributed by atoms with Crippen LogP contribution in [0.4, 0.5) is 8.78 Å². The van der Waals surface area contributed by atoms with Crippen molar-refractivity contribution in [3.8, 4) is 5.69 Å². The number of para-hydroxylation sites is 1. The van der Waals surface area contributed by atoms with Gasteiger partial charge in [0.25, 0.3) is 0 Å². The number of alkyl halides is 1. The molecule has 108 valence electrons. The normalized spacial score (nSPS) is 12.8. The molecule has 3 rings (SSSR count). The summed E-state index contributed by atoms with van der Waals surface area (Å²) in [5.74, 6) is -0.152. The largest absolute Gasteiger partial charge is 0.295 e. The SMILES string of the molecule is Cc1cc(-n2c(C(C)Cl)nc3c(F)cccc32)ccc1F. The fourth-order valence-electron chi connectivity index (χ4n) is 2.39. The number of aromatic nitrogens is 2. The Bertz CT molecular complexity index is 825. The van der Waals surface area contributed by atoms with Crippen molar-refractivity contribution in [1.82, 2.24) is 9.55 Å². The maximum absolute atomic E-state index is 13.9. The van der Waals surface area contributed by atoms with Gasteiger partial charge in [0.15, 0.2) is 5.82 Å². The summed E-state index contributed by atoms with van der Waals surface area (Å²) in [5, 5.41) is -0.401. The predicted molar refractivity (Wildman–Crippen MR) is 80.0 cm³/mol. The molecule has 0 saturated heterocycles. The molecule has 0 aliphatic heterocycles. The highest BCUT2D eigenvalue weighted by atomic mass is 35.5. The van der Waals surface area contributed by atoms with Crippen molar-refractivity contribution in [1.29, 1.82) is 0 Å². The molecule has 3 aromatic rings. The Hall–Kier alpha value is -1.94. The van der Waals surface area contributed by atoms with E-state index in [-0.39, 0.29) is 11.3 Å². The summed E-state index contributed by atoms with van der Waals surface area (Å²) >= 11 is 6.17. The van der Waals surface area contributed by atoms with Crippen molar-refractivity contribution >= 4 is 22.6 Å². The average molecular weight is 307 g/mol. The van der Waals surface area contributed by atoms with E-state index in [0.717, 1.165) is 0 Å². The molecule has 1 heterocycles. The molecule has 1 aromatic heterocycles. The minimum absolute atomic E-state index is 0.266. The Labute approximate surface area is 126 Å². The number of imidazole rings is 1. The fraction of sp³-hybridized carbons (Fsp3) is 0.188. The molecule has 2 nitrogen and oxygen atoms in total. The fourth-order valence-corrected chi connectivity index (χ4v) is 2.54. The van der Waals surface area contributed by atoms with Crippen molar-refractivity contribution in [2.24, 2.45) is 0 Å². The summed E-state index contributed by atoms with van der Waals surface area (Å²) in [6, 6.07) is 9.47. The van der Waals surface area contributed by atoms with Crippen molar-refractivity contribution in [2.75, 3.05) is 0 Å². The van der Waals surface area contributed by atoms with Crippen LogP contribution in [0, 0.1) is 18.6 Å². The van der Waals surface area contributed by atoms with Crippen LogP contribution in [0.3, 0.4) is 0 Å². The van der Waals surface area contributed by atoms with Gasteiger partial charge in [-0.25, -0.2) is 13.8 Å². The highest BCUT2D eigenvalue weighted by Gasteiger charge is 2.18. The van der Waals surface area contributed by atoms with E-state index in [1.165, 1.54) is 12.1 Å². The quantitative estimate of drug-likeness (QED) is 0.615. The van der Waals surface area contributed by atoms with Crippen molar-refractivity contribution in [3.63, 3.8) is 0 Å². The molecule has 21 heavy (non-hydrogen) atoms. The second-order valence-corrected chi connectivity index (χ2v) is 5.62. The maximum Gasteiger partial charge on any atom is 0.151 e. The highest BCUT2D eigenvalue weighted by Crippen LogP contribution is 2.29. The second kappa shape index (κ2) is 5.11. The number of nitrogens with zero attached hydrogens (tertiary/aromatic N) is 2. The van der Waals surface area contributed by atoms with Gasteiger partial charge in [-0.15, -0.1) is 11.6 Å². The van der Waals surface area contributed by atoms with Gasteiger partial charge in [0.1, 0.15) is 17.2 Å². The number of benzene rings is 2. The predicted octanol–water partition coefficient (Wildman–Crippen LogP) is 4.91. The zero-order valence-electron chi connectivity index (χ0n) is 11.6. The Morgan fingerprint density at radius 3 is 2.57 bits per heavy atom. The molecule has 0 aliphatic carbocycles. The highest BCUT2D eigenvalue weighted by molar-refractivity contribution is 6.20. The molecule has 1 atom stereocenters. The number of aryl methyl sites for hydroxylation is 1. The lowest BCUT2D eigenvalue weighted by atomic mass is 10.2. The average Bonchev–Trinajstić information content (AvgIpc) is 2.83. The number of hydrogen-bond donors (Lipinski definition) is 0. The van der Waals surface area contributed by atoms with Gasteiger partial charge in [-0.1, -0.05) is 6.07 Å². The number of halogens is 3. The molecule has 0 saturated carbocycles. The van der Waals surface area contributed by atoms with Crippen LogP contribution in [0.5, 0.6) is 0 Å². The third kappa shape index (κ3) is 2.29. The van der Waals surface area contributed by atoms with E-state index in [1.807, 2.05) is 0 Å². The third-order valence-electron chi connectivity index (χ3n) is 3.42. The summed E-state index contributed by atoms with van der Waals surface area (Å²) in [7, 11) is 0. The first-order valence-electron chi connectivity index (χ1n) is 6.56. The first-order chi connectivity index (χ1) is 9.99. The van der Waals surface area contributed by atoms with Crippen LogP contribution in [-0.4, -0.2) is 9.55 Å². The van der Waals surface area contributed by atoms with Crippen molar-refractivity contribution in [2.45, 2.75) is 19.2 Å². The lowest BCUT2D eigenvalue weighted by Gasteiger charge is -2.11. The molecule has 5 heteroatoms. The van der Waals surface area contributed by atoms with E-state index >= 15 is 0 Å². The van der Waals surface area contributed by atoms with Gasteiger partial charge < -0.3 is 0 Å². The van der Waals surface area contributed by atoms with Gasteiger partial charge in [-0.3, -0.25) is 4.57 Å². The Kier molecular flexibility index (Phi) is 3.41. The van der Waals surface area contributed by atoms with Crippen molar-refractivity contribution < 1.29 is 8.78 Å². The van der Waals surface area contributed by atoms with E-state index in [1.54, 1.807) is 42.7 Å². The zero-order chi connectivity index (χ0) is 15.1. The molecular formula is C16H13ClF2N2. The van der Waals surface area contributed by atoms with Gasteiger partial charge in [-0.2, -0.15) is 0 Å². The van der Waals surface area contributed by atoms with Crippen LogP contribution in [0.2, 0.25) is 0 Å². The summed E-state index contributed by atoms with van der Waals surface area (Å²) in [6.45, 7) is 3.45. The lowest BCUT2D eigenvalue weighted by molar-refractivity contribution is 0.618. The van der Waals surface area contributed by atoms with Crippen LogP contribution in [-0.2, 0) is 0 Å². The van der Waals surface area contributed by atoms with Gasteiger partial charge in [-0.05, 0) is 49.7 Å². The van der Waals surface area contributed by atoms with Gasteiger partial charge >= 0.3 is 0 Å². The molecule has 0 amide bonds. The molecule has 0 N–H and O–H groups in total. The van der Waals surface area contributed by atoms with Gasteiger partial charge in [0, 0.05) is 5.69 Å². The van der Waals surface area contributed by atoms with E-state index in [9.17, 15) is 8.78 Å². The first kappa shape index (κ1) is 14.0. The molecule has 2 aromatic carbocycles. The Morgan fingerprint density at radius 2 is 1.90 bits per heavy atom. The third-order valence-corrected chi connectivity index (χ3v) is 3.61. The van der Waals surface area contributed by atoms with Crippen LogP contribution in [0.1, 0.15) is 23.7 Å². The lowest BCUT2D eigenvalue weighted by Crippen LogP contribution is -2.02. The van der Waals surface area contributed by atoms with E-state index in [4.69, 9.17) is 11.6 Å². The minimum Gasteiger partial charge on any atom is -0.295 e. The standard InChI is InChI=1S/C16H13ClF2N2/c1-9-8-11(6-7-12(9)18)21-14-5-3-4-13(19)15(14)20-16(21)10(2)17/h3-8,10H,1-2H3. The molecule has 0 aliphatic rings. The van der Waals surface area contributed by atoms with Crippen LogP contribution < -0.4 is 0 Å². The summed E-state index contributed by atoms with van der Waals surface area (Å²) in [6.07, 6.45) is 0. The number of rotatable bonds is 2. The number of fused-ring (bicyclic) bond motifs is 1. The number of hydrogen-bond acceptors (Lipinski definition) is 1. The first-order valence-corrected chi connectivity index (χ1v) is 7.00. The second-order valence-electron chi connectivity index (χ2n) is 4.96. The van der Waals surface area contributed by atoms with Crippen molar-refractivity contribution in [3.05, 3.63) is 59.4 Å². The van der Waals surface area contributed by atoms with Crippen LogP contribution in [0.25, 0.3) is 16.7 Å². The summed E-state index contributed by atoms with van der Waals surface area (Å²) in [5.41, 5.74) is 2.11. The van der Waals surface area contributed by atoms with Gasteiger partial charge in [0.05, 0.1) is 10.9 Å². The smallest absolute Gasteiger partial charge is 0.151 e. The van der Waals surface area contributed by atoms with E-state index in [0.29, 0.717) is 22.6 Å². The monoisotopic (exact) mass is 306 g/mol. The molecule has 0 radical (unpaired) electrons. The molecule has 1 unspecified atom stereocenters. The maximum atomic E-state index is 13.9. The van der Waals surface area contributed by atoms with Crippen LogP contribution in [0.15, 0.2) is 36.4 Å². The minimum atomic E-state index is -0.401. The molecule has 0 fully saturated rings. The van der Waals surface area contributed by atoms with E-state index in [2.05, 4.69) is 4.98 Å². The molecule has 0 bridgehead atoms. The van der Waals surface area contributed by atoms with Crippen LogP contribution >= 0.6 is 11.6 Å².